The maximum absolute atomic E-state index is 12.8. The van der Waals surface area contributed by atoms with Gasteiger partial charge in [-0.25, -0.2) is 8.42 Å². The van der Waals surface area contributed by atoms with Gasteiger partial charge in [0.25, 0.3) is 0 Å². The van der Waals surface area contributed by atoms with Gasteiger partial charge in [-0.1, -0.05) is 12.5 Å². The first-order chi connectivity index (χ1) is 9.52. The Balaban J connectivity index is 1.92. The van der Waals surface area contributed by atoms with Crippen molar-refractivity contribution in [2.75, 3.05) is 13.1 Å². The monoisotopic (exact) mass is 358 g/mol. The molecule has 1 saturated carbocycles. The molecule has 1 aliphatic heterocycles. The SMILES string of the molecule is NCc1ccc(Br)c(S(=O)(=O)N2CC3CCCC3C2)c1. The predicted molar refractivity (Wildman–Crippen MR) is 81.6 cm³/mol. The van der Waals surface area contributed by atoms with Gasteiger partial charge < -0.3 is 5.73 Å². The number of benzene rings is 1. The molecule has 0 aromatic heterocycles. The summed E-state index contributed by atoms with van der Waals surface area (Å²) in [6.07, 6.45) is 3.58. The van der Waals surface area contributed by atoms with Crippen LogP contribution in [0.15, 0.2) is 27.6 Å². The number of fused-ring (bicyclic) bond motifs is 1. The van der Waals surface area contributed by atoms with Crippen molar-refractivity contribution in [1.29, 1.82) is 0 Å². The van der Waals surface area contributed by atoms with Crippen LogP contribution in [0.5, 0.6) is 0 Å². The smallest absolute Gasteiger partial charge is 0.244 e. The van der Waals surface area contributed by atoms with Crippen molar-refractivity contribution in [3.63, 3.8) is 0 Å². The normalized spacial score (nSPS) is 26.9. The quantitative estimate of drug-likeness (QED) is 0.901. The van der Waals surface area contributed by atoms with Crippen LogP contribution in [0.25, 0.3) is 0 Å². The molecule has 2 aliphatic rings. The highest BCUT2D eigenvalue weighted by molar-refractivity contribution is 9.10. The number of rotatable bonds is 3. The molecule has 2 atom stereocenters. The molecule has 4 nitrogen and oxygen atoms in total. The number of hydrogen-bond donors (Lipinski definition) is 1. The van der Waals surface area contributed by atoms with Crippen LogP contribution in [-0.2, 0) is 16.6 Å². The number of hydrogen-bond acceptors (Lipinski definition) is 3. The van der Waals surface area contributed by atoms with Crippen molar-refractivity contribution in [1.82, 2.24) is 4.31 Å². The summed E-state index contributed by atoms with van der Waals surface area (Å²) >= 11 is 3.36. The lowest BCUT2D eigenvalue weighted by molar-refractivity contribution is 0.445. The van der Waals surface area contributed by atoms with Gasteiger partial charge in [0, 0.05) is 24.1 Å². The molecule has 1 heterocycles. The maximum Gasteiger partial charge on any atom is 0.244 e. The second kappa shape index (κ2) is 5.40. The summed E-state index contributed by atoms with van der Waals surface area (Å²) in [5.41, 5.74) is 6.46. The highest BCUT2D eigenvalue weighted by atomic mass is 79.9. The Morgan fingerprint density at radius 1 is 1.25 bits per heavy atom. The topological polar surface area (TPSA) is 63.4 Å². The van der Waals surface area contributed by atoms with Gasteiger partial charge in [-0.15, -0.1) is 0 Å². The Morgan fingerprint density at radius 2 is 1.90 bits per heavy atom. The van der Waals surface area contributed by atoms with Gasteiger partial charge in [-0.05, 0) is 58.3 Å². The third-order valence-corrected chi connectivity index (χ3v) is 7.37. The Labute approximate surface area is 128 Å². The molecule has 20 heavy (non-hydrogen) atoms. The van der Waals surface area contributed by atoms with E-state index in [2.05, 4.69) is 15.9 Å². The number of nitrogens with zero attached hydrogens (tertiary/aromatic N) is 1. The molecule has 110 valence electrons. The van der Waals surface area contributed by atoms with Crippen LogP contribution in [-0.4, -0.2) is 25.8 Å². The Morgan fingerprint density at radius 3 is 2.50 bits per heavy atom. The standard InChI is InChI=1S/C14H19BrN2O2S/c15-13-5-4-10(7-16)6-14(13)20(18,19)17-8-11-2-1-3-12(11)9-17/h4-6,11-12H,1-3,7-9,16H2. The van der Waals surface area contributed by atoms with E-state index in [-0.39, 0.29) is 0 Å². The summed E-state index contributed by atoms with van der Waals surface area (Å²) in [6.45, 7) is 1.69. The van der Waals surface area contributed by atoms with Gasteiger partial charge in [0.1, 0.15) is 0 Å². The Bertz CT molecular complexity index is 606. The molecule has 1 aliphatic carbocycles. The lowest BCUT2D eigenvalue weighted by Crippen LogP contribution is -2.30. The van der Waals surface area contributed by atoms with Gasteiger partial charge in [0.15, 0.2) is 0 Å². The van der Waals surface area contributed by atoms with Gasteiger partial charge in [0.05, 0.1) is 4.90 Å². The van der Waals surface area contributed by atoms with Crippen LogP contribution in [0.4, 0.5) is 0 Å². The molecule has 0 amide bonds. The minimum Gasteiger partial charge on any atom is -0.326 e. The zero-order chi connectivity index (χ0) is 14.3. The van der Waals surface area contributed by atoms with Gasteiger partial charge in [0.2, 0.25) is 10.0 Å². The molecule has 2 N–H and O–H groups in total. The molecule has 0 bridgehead atoms. The molecule has 2 fully saturated rings. The zero-order valence-corrected chi connectivity index (χ0v) is 13.7. The summed E-state index contributed by atoms with van der Waals surface area (Å²) in [6, 6.07) is 5.31. The van der Waals surface area contributed by atoms with Gasteiger partial charge >= 0.3 is 0 Å². The molecule has 1 aromatic carbocycles. The lowest BCUT2D eigenvalue weighted by Gasteiger charge is -2.18. The van der Waals surface area contributed by atoms with E-state index in [1.807, 2.05) is 6.07 Å². The van der Waals surface area contributed by atoms with Crippen LogP contribution in [0.1, 0.15) is 24.8 Å². The first-order valence-corrected chi connectivity index (χ1v) is 9.24. The summed E-state index contributed by atoms with van der Waals surface area (Å²) in [5, 5.41) is 0. The fourth-order valence-electron chi connectivity index (χ4n) is 3.40. The van der Waals surface area contributed by atoms with E-state index in [1.165, 1.54) is 19.3 Å². The molecule has 3 rings (SSSR count). The van der Waals surface area contributed by atoms with Gasteiger partial charge in [-0.2, -0.15) is 4.31 Å². The average Bonchev–Trinajstić information content (AvgIpc) is 3.00. The Hall–Kier alpha value is -0.430. The fraction of sp³-hybridized carbons (Fsp3) is 0.571. The van der Waals surface area contributed by atoms with Crippen molar-refractivity contribution in [3.05, 3.63) is 28.2 Å². The summed E-state index contributed by atoms with van der Waals surface area (Å²) in [5.74, 6) is 1.11. The second-order valence-electron chi connectivity index (χ2n) is 5.74. The predicted octanol–water partition coefficient (Wildman–Crippen LogP) is 2.33. The summed E-state index contributed by atoms with van der Waals surface area (Å²) in [4.78, 5) is 0.348. The zero-order valence-electron chi connectivity index (χ0n) is 11.3. The number of nitrogens with two attached hydrogens (primary N) is 1. The maximum atomic E-state index is 12.8. The molecule has 6 heteroatoms. The third-order valence-electron chi connectivity index (χ3n) is 4.54. The Kier molecular flexibility index (Phi) is 3.92. The van der Waals surface area contributed by atoms with E-state index in [0.29, 0.717) is 40.8 Å². The van der Waals surface area contributed by atoms with Gasteiger partial charge in [-0.3, -0.25) is 0 Å². The van der Waals surface area contributed by atoms with Crippen molar-refractivity contribution >= 4 is 26.0 Å². The second-order valence-corrected chi connectivity index (χ2v) is 8.50. The molecular weight excluding hydrogens is 340 g/mol. The van der Waals surface area contributed by atoms with Crippen LogP contribution >= 0.6 is 15.9 Å². The van der Waals surface area contributed by atoms with Crippen LogP contribution < -0.4 is 5.73 Å². The lowest BCUT2D eigenvalue weighted by atomic mass is 10.0. The fourth-order valence-corrected chi connectivity index (χ4v) is 5.93. The van der Waals surface area contributed by atoms with E-state index in [1.54, 1.807) is 16.4 Å². The van der Waals surface area contributed by atoms with E-state index in [9.17, 15) is 8.42 Å². The molecule has 0 spiro atoms. The van der Waals surface area contributed by atoms with Crippen molar-refractivity contribution in [2.24, 2.45) is 17.6 Å². The van der Waals surface area contributed by atoms with Crippen molar-refractivity contribution < 1.29 is 8.42 Å². The number of sulfonamides is 1. The summed E-state index contributed by atoms with van der Waals surface area (Å²) in [7, 11) is -3.41. The molecule has 0 radical (unpaired) electrons. The van der Waals surface area contributed by atoms with Crippen LogP contribution in [0.2, 0.25) is 0 Å². The average molecular weight is 359 g/mol. The minimum absolute atomic E-state index is 0.348. The summed E-state index contributed by atoms with van der Waals surface area (Å²) < 4.78 is 27.9. The highest BCUT2D eigenvalue weighted by Gasteiger charge is 2.41. The molecule has 1 aromatic rings. The van der Waals surface area contributed by atoms with E-state index >= 15 is 0 Å². The molecular formula is C14H19BrN2O2S. The van der Waals surface area contributed by atoms with E-state index in [4.69, 9.17) is 5.73 Å². The minimum atomic E-state index is -3.41. The van der Waals surface area contributed by atoms with Crippen LogP contribution in [0.3, 0.4) is 0 Å². The first-order valence-electron chi connectivity index (χ1n) is 7.01. The number of halogens is 1. The van der Waals surface area contributed by atoms with E-state index < -0.39 is 10.0 Å². The highest BCUT2D eigenvalue weighted by Crippen LogP contribution is 2.40. The first kappa shape index (κ1) is 14.5. The third kappa shape index (κ3) is 2.43. The van der Waals surface area contributed by atoms with Crippen molar-refractivity contribution in [3.8, 4) is 0 Å². The molecule has 2 unspecified atom stereocenters. The van der Waals surface area contributed by atoms with Crippen LogP contribution in [0, 0.1) is 11.8 Å². The largest absolute Gasteiger partial charge is 0.326 e. The van der Waals surface area contributed by atoms with E-state index in [0.717, 1.165) is 5.56 Å². The molecule has 1 saturated heterocycles. The van der Waals surface area contributed by atoms with Crippen molar-refractivity contribution in [2.45, 2.75) is 30.7 Å².